The van der Waals surface area contributed by atoms with Crippen LogP contribution < -0.4 is 20.7 Å². The third kappa shape index (κ3) is 3.86. The second kappa shape index (κ2) is 6.43. The lowest BCUT2D eigenvalue weighted by molar-refractivity contribution is 0.236. The summed E-state index contributed by atoms with van der Waals surface area (Å²) in [6.45, 7) is 4.01. The zero-order valence-corrected chi connectivity index (χ0v) is 11.4. The number of hydrogen-bond acceptors (Lipinski definition) is 3. The first-order valence-electron chi connectivity index (χ1n) is 6.61. The summed E-state index contributed by atoms with van der Waals surface area (Å²) in [5.41, 5.74) is 0.730. The number of hydrogen-bond donors (Lipinski definition) is 3. The Morgan fingerprint density at radius 2 is 2.32 bits per heavy atom. The molecule has 2 atom stereocenters. The third-order valence-corrected chi connectivity index (χ3v) is 3.47. The topological polar surface area (TPSA) is 62.4 Å². The smallest absolute Gasteiger partial charge is 0.319 e. The molecular formula is C14H21N3O2. The molecule has 1 heterocycles. The maximum Gasteiger partial charge on any atom is 0.319 e. The van der Waals surface area contributed by atoms with Gasteiger partial charge in [0.05, 0.1) is 7.11 Å². The molecule has 104 valence electrons. The van der Waals surface area contributed by atoms with Crippen molar-refractivity contribution in [2.75, 3.05) is 25.5 Å². The summed E-state index contributed by atoms with van der Waals surface area (Å²) in [7, 11) is 1.61. The first-order chi connectivity index (χ1) is 9.19. The van der Waals surface area contributed by atoms with E-state index in [0.29, 0.717) is 5.92 Å². The molecule has 1 saturated heterocycles. The van der Waals surface area contributed by atoms with Crippen molar-refractivity contribution in [3.05, 3.63) is 24.3 Å². The predicted octanol–water partition coefficient (Wildman–Crippen LogP) is 1.81. The SMILES string of the molecule is COc1cccc(NC(=O)NC2CNCCC2C)c1. The lowest BCUT2D eigenvalue weighted by Gasteiger charge is -2.30. The van der Waals surface area contributed by atoms with Gasteiger partial charge in [0.15, 0.2) is 0 Å². The molecule has 1 aromatic rings. The normalized spacial score (nSPS) is 22.6. The van der Waals surface area contributed by atoms with Gasteiger partial charge in [0, 0.05) is 24.3 Å². The molecule has 0 aliphatic carbocycles. The van der Waals surface area contributed by atoms with E-state index < -0.39 is 0 Å². The van der Waals surface area contributed by atoms with Crippen molar-refractivity contribution in [3.63, 3.8) is 0 Å². The molecule has 2 unspecified atom stereocenters. The predicted molar refractivity (Wildman–Crippen MR) is 75.6 cm³/mol. The fourth-order valence-corrected chi connectivity index (χ4v) is 2.22. The van der Waals surface area contributed by atoms with Crippen LogP contribution in [0.3, 0.4) is 0 Å². The largest absolute Gasteiger partial charge is 0.497 e. The highest BCUT2D eigenvalue weighted by Crippen LogP contribution is 2.17. The summed E-state index contributed by atoms with van der Waals surface area (Å²) in [6.07, 6.45) is 1.09. The molecule has 0 bridgehead atoms. The number of carbonyl (C=O) groups is 1. The molecule has 1 aliphatic heterocycles. The summed E-state index contributed by atoms with van der Waals surface area (Å²) < 4.78 is 5.12. The molecule has 0 aromatic heterocycles. The number of ether oxygens (including phenoxy) is 1. The Kier molecular flexibility index (Phi) is 4.63. The minimum atomic E-state index is -0.172. The van der Waals surface area contributed by atoms with Gasteiger partial charge >= 0.3 is 6.03 Å². The van der Waals surface area contributed by atoms with Gasteiger partial charge in [-0.25, -0.2) is 4.79 Å². The zero-order chi connectivity index (χ0) is 13.7. The Bertz CT molecular complexity index is 436. The van der Waals surface area contributed by atoms with Crippen LogP contribution in [0.15, 0.2) is 24.3 Å². The van der Waals surface area contributed by atoms with Crippen LogP contribution in [-0.4, -0.2) is 32.3 Å². The number of urea groups is 1. The minimum Gasteiger partial charge on any atom is -0.497 e. The van der Waals surface area contributed by atoms with Gasteiger partial charge in [-0.1, -0.05) is 13.0 Å². The molecule has 5 nitrogen and oxygen atoms in total. The van der Waals surface area contributed by atoms with Gasteiger partial charge < -0.3 is 20.7 Å². The Labute approximate surface area is 113 Å². The molecule has 3 N–H and O–H groups in total. The molecule has 0 saturated carbocycles. The van der Waals surface area contributed by atoms with Gasteiger partial charge in [-0.2, -0.15) is 0 Å². The van der Waals surface area contributed by atoms with Crippen molar-refractivity contribution < 1.29 is 9.53 Å². The van der Waals surface area contributed by atoms with Crippen LogP contribution in [0.2, 0.25) is 0 Å². The number of nitrogens with one attached hydrogen (secondary N) is 3. The Balaban J connectivity index is 1.89. The van der Waals surface area contributed by atoms with E-state index in [1.165, 1.54) is 0 Å². The van der Waals surface area contributed by atoms with E-state index in [-0.39, 0.29) is 12.1 Å². The van der Waals surface area contributed by atoms with Crippen molar-refractivity contribution in [3.8, 4) is 5.75 Å². The van der Waals surface area contributed by atoms with E-state index in [2.05, 4.69) is 22.9 Å². The first kappa shape index (κ1) is 13.7. The van der Waals surface area contributed by atoms with Gasteiger partial charge in [-0.05, 0) is 31.0 Å². The third-order valence-electron chi connectivity index (χ3n) is 3.47. The monoisotopic (exact) mass is 263 g/mol. The zero-order valence-electron chi connectivity index (χ0n) is 11.4. The van der Waals surface area contributed by atoms with Crippen molar-refractivity contribution in [1.82, 2.24) is 10.6 Å². The second-order valence-corrected chi connectivity index (χ2v) is 4.91. The number of benzene rings is 1. The number of rotatable bonds is 3. The number of carbonyl (C=O) groups excluding carboxylic acids is 1. The fourth-order valence-electron chi connectivity index (χ4n) is 2.22. The van der Waals surface area contributed by atoms with Crippen LogP contribution in [0.5, 0.6) is 5.75 Å². The summed E-state index contributed by atoms with van der Waals surface area (Å²) in [5.74, 6) is 1.22. The van der Waals surface area contributed by atoms with Gasteiger partial charge in [-0.15, -0.1) is 0 Å². The van der Waals surface area contributed by atoms with E-state index in [1.807, 2.05) is 18.2 Å². The molecule has 5 heteroatoms. The van der Waals surface area contributed by atoms with E-state index in [4.69, 9.17) is 4.74 Å². The van der Waals surface area contributed by atoms with E-state index in [9.17, 15) is 4.79 Å². The van der Waals surface area contributed by atoms with Crippen molar-refractivity contribution in [2.24, 2.45) is 5.92 Å². The molecule has 1 aliphatic rings. The number of anilines is 1. The molecule has 1 aromatic carbocycles. The highest BCUT2D eigenvalue weighted by molar-refractivity contribution is 5.89. The highest BCUT2D eigenvalue weighted by atomic mass is 16.5. The molecule has 2 amide bonds. The van der Waals surface area contributed by atoms with E-state index >= 15 is 0 Å². The first-order valence-corrected chi connectivity index (χ1v) is 6.61. The van der Waals surface area contributed by atoms with Crippen LogP contribution >= 0.6 is 0 Å². The van der Waals surface area contributed by atoms with Gasteiger partial charge in [0.1, 0.15) is 5.75 Å². The van der Waals surface area contributed by atoms with Crippen molar-refractivity contribution >= 4 is 11.7 Å². The molecule has 2 rings (SSSR count). The summed E-state index contributed by atoms with van der Waals surface area (Å²) >= 11 is 0. The quantitative estimate of drug-likeness (QED) is 0.779. The summed E-state index contributed by atoms with van der Waals surface area (Å²) in [4.78, 5) is 11.9. The van der Waals surface area contributed by atoms with Crippen molar-refractivity contribution in [1.29, 1.82) is 0 Å². The van der Waals surface area contributed by atoms with Gasteiger partial charge in [-0.3, -0.25) is 0 Å². The Morgan fingerprint density at radius 1 is 1.47 bits per heavy atom. The summed E-state index contributed by atoms with van der Waals surface area (Å²) in [6, 6.07) is 7.33. The lowest BCUT2D eigenvalue weighted by atomic mass is 9.95. The molecular weight excluding hydrogens is 242 g/mol. The maximum absolute atomic E-state index is 11.9. The molecule has 0 radical (unpaired) electrons. The van der Waals surface area contributed by atoms with Gasteiger partial charge in [0.25, 0.3) is 0 Å². The van der Waals surface area contributed by atoms with Crippen molar-refractivity contribution in [2.45, 2.75) is 19.4 Å². The second-order valence-electron chi connectivity index (χ2n) is 4.91. The maximum atomic E-state index is 11.9. The van der Waals surface area contributed by atoms with Crippen LogP contribution in [-0.2, 0) is 0 Å². The standard InChI is InChI=1S/C14H21N3O2/c1-10-6-7-15-9-13(10)17-14(18)16-11-4-3-5-12(8-11)19-2/h3-5,8,10,13,15H,6-7,9H2,1-2H3,(H2,16,17,18). The molecule has 19 heavy (non-hydrogen) atoms. The van der Waals surface area contributed by atoms with E-state index in [1.54, 1.807) is 13.2 Å². The Morgan fingerprint density at radius 3 is 3.05 bits per heavy atom. The average molecular weight is 263 g/mol. The summed E-state index contributed by atoms with van der Waals surface area (Å²) in [5, 5.41) is 9.12. The lowest BCUT2D eigenvalue weighted by Crippen LogP contribution is -2.51. The van der Waals surface area contributed by atoms with Crippen LogP contribution in [0.4, 0.5) is 10.5 Å². The highest BCUT2D eigenvalue weighted by Gasteiger charge is 2.22. The molecule has 0 spiro atoms. The number of methoxy groups -OCH3 is 1. The fraction of sp³-hybridized carbons (Fsp3) is 0.500. The van der Waals surface area contributed by atoms with Crippen LogP contribution in [0.25, 0.3) is 0 Å². The Hall–Kier alpha value is -1.75. The van der Waals surface area contributed by atoms with Gasteiger partial charge in [0.2, 0.25) is 0 Å². The number of piperidine rings is 1. The van der Waals surface area contributed by atoms with E-state index in [0.717, 1.165) is 30.9 Å². The minimum absolute atomic E-state index is 0.172. The van der Waals surface area contributed by atoms with Crippen LogP contribution in [0.1, 0.15) is 13.3 Å². The van der Waals surface area contributed by atoms with Crippen LogP contribution in [0, 0.1) is 5.92 Å². The average Bonchev–Trinajstić information content (AvgIpc) is 2.41. The molecule has 1 fully saturated rings. The number of amides is 2.